The molecule has 0 heterocycles. The van der Waals surface area contributed by atoms with Gasteiger partial charge in [0, 0.05) is 6.04 Å². The van der Waals surface area contributed by atoms with Crippen molar-refractivity contribution in [3.63, 3.8) is 0 Å². The maximum Gasteiger partial charge on any atom is 0.308 e. The third-order valence-electron chi connectivity index (χ3n) is 3.76. The van der Waals surface area contributed by atoms with Gasteiger partial charge in [-0.3, -0.25) is 4.79 Å². The molecule has 0 aromatic carbocycles. The van der Waals surface area contributed by atoms with Crippen molar-refractivity contribution in [1.29, 1.82) is 0 Å². The molecule has 2 rings (SSSR count). The Morgan fingerprint density at radius 1 is 1.67 bits per heavy atom. The second-order valence-electron chi connectivity index (χ2n) is 4.55. The first-order valence-electron chi connectivity index (χ1n) is 4.53. The standard InChI is InChI=1S/C9H15NO2/c1-9-3-2-5(4-9)7(10)6(9)8(11)12/h5-7H,2-4,10H2,1H3,(H,11,12)/t5-,6+,7-,9+/m1/s1. The molecule has 0 spiro atoms. The van der Waals surface area contributed by atoms with Gasteiger partial charge in [0.25, 0.3) is 0 Å². The summed E-state index contributed by atoms with van der Waals surface area (Å²) in [5.74, 6) is -0.528. The van der Waals surface area contributed by atoms with Crippen LogP contribution in [0.4, 0.5) is 0 Å². The lowest BCUT2D eigenvalue weighted by Gasteiger charge is -2.31. The van der Waals surface area contributed by atoms with Crippen LogP contribution in [0.2, 0.25) is 0 Å². The van der Waals surface area contributed by atoms with Crippen molar-refractivity contribution in [3.8, 4) is 0 Å². The molecule has 0 saturated heterocycles. The minimum Gasteiger partial charge on any atom is -0.481 e. The van der Waals surface area contributed by atoms with E-state index in [4.69, 9.17) is 10.8 Å². The predicted molar refractivity (Wildman–Crippen MR) is 44.5 cm³/mol. The van der Waals surface area contributed by atoms with E-state index in [1.165, 1.54) is 0 Å². The lowest BCUT2D eigenvalue weighted by molar-refractivity contribution is -0.146. The fourth-order valence-corrected chi connectivity index (χ4v) is 3.13. The van der Waals surface area contributed by atoms with E-state index in [1.54, 1.807) is 0 Å². The number of carboxylic acids is 1. The summed E-state index contributed by atoms with van der Waals surface area (Å²) in [6.07, 6.45) is 3.19. The number of hydrogen-bond acceptors (Lipinski definition) is 2. The molecule has 68 valence electrons. The van der Waals surface area contributed by atoms with Crippen LogP contribution in [0.3, 0.4) is 0 Å². The van der Waals surface area contributed by atoms with Crippen LogP contribution >= 0.6 is 0 Å². The number of rotatable bonds is 1. The Kier molecular flexibility index (Phi) is 1.49. The van der Waals surface area contributed by atoms with Gasteiger partial charge < -0.3 is 10.8 Å². The molecule has 0 unspecified atom stereocenters. The van der Waals surface area contributed by atoms with Crippen LogP contribution < -0.4 is 5.73 Å². The highest BCUT2D eigenvalue weighted by Gasteiger charge is 2.56. The molecule has 2 aliphatic rings. The summed E-state index contributed by atoms with van der Waals surface area (Å²) in [4.78, 5) is 10.9. The summed E-state index contributed by atoms with van der Waals surface area (Å²) in [5.41, 5.74) is 5.87. The molecule has 0 radical (unpaired) electrons. The molecule has 0 aromatic heterocycles. The SMILES string of the molecule is C[C@]12CC[C@H](C1)[C@@H](N)[C@H]2C(=O)O. The molecular formula is C9H15NO2. The summed E-state index contributed by atoms with van der Waals surface area (Å²) >= 11 is 0. The van der Waals surface area contributed by atoms with Gasteiger partial charge >= 0.3 is 5.97 Å². The van der Waals surface area contributed by atoms with Crippen molar-refractivity contribution >= 4 is 5.97 Å². The number of aliphatic carboxylic acids is 1. The number of hydrogen-bond donors (Lipinski definition) is 2. The van der Waals surface area contributed by atoms with Crippen molar-refractivity contribution in [2.24, 2.45) is 23.0 Å². The quantitative estimate of drug-likeness (QED) is 0.611. The van der Waals surface area contributed by atoms with E-state index in [9.17, 15) is 4.79 Å². The summed E-state index contributed by atoms with van der Waals surface area (Å²) in [5, 5.41) is 8.99. The Morgan fingerprint density at radius 2 is 2.33 bits per heavy atom. The largest absolute Gasteiger partial charge is 0.481 e. The average Bonchev–Trinajstić information content (AvgIpc) is 2.40. The van der Waals surface area contributed by atoms with Crippen molar-refractivity contribution < 1.29 is 9.90 Å². The van der Waals surface area contributed by atoms with Gasteiger partial charge in [0.2, 0.25) is 0 Å². The minimum atomic E-state index is -0.702. The molecule has 4 atom stereocenters. The van der Waals surface area contributed by atoms with Gasteiger partial charge in [0.1, 0.15) is 0 Å². The summed E-state index contributed by atoms with van der Waals surface area (Å²) in [7, 11) is 0. The van der Waals surface area contributed by atoms with Gasteiger partial charge in [-0.25, -0.2) is 0 Å². The Bertz CT molecular complexity index is 229. The fourth-order valence-electron chi connectivity index (χ4n) is 3.13. The zero-order valence-electron chi connectivity index (χ0n) is 7.29. The van der Waals surface area contributed by atoms with Crippen molar-refractivity contribution in [1.82, 2.24) is 0 Å². The molecule has 2 bridgehead atoms. The molecule has 3 N–H and O–H groups in total. The van der Waals surface area contributed by atoms with Gasteiger partial charge in [-0.2, -0.15) is 0 Å². The molecule has 12 heavy (non-hydrogen) atoms. The summed E-state index contributed by atoms with van der Waals surface area (Å²) in [6, 6.07) is -0.0961. The van der Waals surface area contributed by atoms with Gasteiger partial charge in [-0.15, -0.1) is 0 Å². The highest BCUT2D eigenvalue weighted by atomic mass is 16.4. The van der Waals surface area contributed by atoms with E-state index in [1.807, 2.05) is 0 Å². The summed E-state index contributed by atoms with van der Waals surface area (Å²) < 4.78 is 0. The van der Waals surface area contributed by atoms with Gasteiger partial charge in [0.05, 0.1) is 5.92 Å². The molecule has 0 aromatic rings. The van der Waals surface area contributed by atoms with Gasteiger partial charge in [-0.1, -0.05) is 6.92 Å². The zero-order valence-corrected chi connectivity index (χ0v) is 7.29. The van der Waals surface area contributed by atoms with Crippen LogP contribution in [0, 0.1) is 17.3 Å². The van der Waals surface area contributed by atoms with Crippen LogP contribution in [0.25, 0.3) is 0 Å². The Hall–Kier alpha value is -0.570. The van der Waals surface area contributed by atoms with Crippen molar-refractivity contribution in [2.45, 2.75) is 32.2 Å². The average molecular weight is 169 g/mol. The van der Waals surface area contributed by atoms with E-state index in [0.29, 0.717) is 5.92 Å². The monoisotopic (exact) mass is 169 g/mol. The molecule has 2 fully saturated rings. The van der Waals surface area contributed by atoms with Crippen LogP contribution in [0.5, 0.6) is 0 Å². The molecule has 3 heteroatoms. The van der Waals surface area contributed by atoms with E-state index < -0.39 is 5.97 Å². The fraction of sp³-hybridized carbons (Fsp3) is 0.889. The third kappa shape index (κ3) is 0.829. The molecule has 2 aliphatic carbocycles. The normalized spacial score (nSPS) is 51.3. The predicted octanol–water partition coefficient (Wildman–Crippen LogP) is 0.834. The number of fused-ring (bicyclic) bond motifs is 2. The Morgan fingerprint density at radius 3 is 2.67 bits per heavy atom. The van der Waals surface area contributed by atoms with Gasteiger partial charge in [0.15, 0.2) is 0 Å². The molecular weight excluding hydrogens is 154 g/mol. The highest BCUT2D eigenvalue weighted by molar-refractivity contribution is 5.73. The van der Waals surface area contributed by atoms with E-state index >= 15 is 0 Å². The van der Waals surface area contributed by atoms with Crippen LogP contribution in [0.1, 0.15) is 26.2 Å². The maximum absolute atomic E-state index is 10.9. The van der Waals surface area contributed by atoms with E-state index in [2.05, 4.69) is 6.92 Å². The van der Waals surface area contributed by atoms with Crippen molar-refractivity contribution in [3.05, 3.63) is 0 Å². The molecule has 0 aliphatic heterocycles. The molecule has 3 nitrogen and oxygen atoms in total. The Labute approximate surface area is 71.9 Å². The first kappa shape index (κ1) is 8.05. The third-order valence-corrected chi connectivity index (χ3v) is 3.76. The molecule has 2 saturated carbocycles. The highest BCUT2D eigenvalue weighted by Crippen LogP contribution is 2.56. The molecule has 0 amide bonds. The van der Waals surface area contributed by atoms with Crippen LogP contribution in [0.15, 0.2) is 0 Å². The lowest BCUT2D eigenvalue weighted by Crippen LogP contribution is -2.43. The van der Waals surface area contributed by atoms with Crippen LogP contribution in [-0.4, -0.2) is 17.1 Å². The maximum atomic E-state index is 10.9. The van der Waals surface area contributed by atoms with Gasteiger partial charge in [-0.05, 0) is 30.6 Å². The minimum absolute atomic E-state index is 0.00405. The van der Waals surface area contributed by atoms with Crippen molar-refractivity contribution in [2.75, 3.05) is 0 Å². The van der Waals surface area contributed by atoms with Crippen LogP contribution in [-0.2, 0) is 4.79 Å². The topological polar surface area (TPSA) is 63.3 Å². The summed E-state index contributed by atoms with van der Waals surface area (Å²) in [6.45, 7) is 2.07. The number of nitrogens with two attached hydrogens (primary N) is 1. The first-order valence-corrected chi connectivity index (χ1v) is 4.53. The lowest BCUT2D eigenvalue weighted by atomic mass is 9.75. The second kappa shape index (κ2) is 2.22. The smallest absolute Gasteiger partial charge is 0.308 e. The van der Waals surface area contributed by atoms with E-state index in [-0.39, 0.29) is 17.4 Å². The number of carbonyl (C=O) groups is 1. The second-order valence-corrected chi connectivity index (χ2v) is 4.55. The zero-order chi connectivity index (χ0) is 8.93. The number of carboxylic acid groups (broad SMARTS) is 1. The first-order chi connectivity index (χ1) is 5.54. The van der Waals surface area contributed by atoms with E-state index in [0.717, 1.165) is 19.3 Å². The Balaban J connectivity index is 2.29.